The normalized spacial score (nSPS) is 11.6. The van der Waals surface area contributed by atoms with Crippen molar-refractivity contribution >= 4 is 22.7 Å². The Hall–Kier alpha value is -4.46. The lowest BCUT2D eigenvalue weighted by Gasteiger charge is -2.22. The quantitative estimate of drug-likeness (QED) is 0.299. The Morgan fingerprint density at radius 3 is 2.44 bits per heavy atom. The fourth-order valence-corrected chi connectivity index (χ4v) is 4.28. The minimum absolute atomic E-state index is 0.148. The van der Waals surface area contributed by atoms with Crippen molar-refractivity contribution in [3.05, 3.63) is 89.6 Å². The number of hydrogen-bond donors (Lipinski definition) is 3. The van der Waals surface area contributed by atoms with Gasteiger partial charge in [-0.3, -0.25) is 9.59 Å². The van der Waals surface area contributed by atoms with Gasteiger partial charge in [-0.2, -0.15) is 0 Å². The summed E-state index contributed by atoms with van der Waals surface area (Å²) < 4.78 is 16.8. The Labute approximate surface area is 209 Å². The third kappa shape index (κ3) is 5.60. The molecule has 4 rings (SSSR count). The molecule has 0 bridgehead atoms. The van der Waals surface area contributed by atoms with Crippen LogP contribution in [-0.2, 0) is 16.0 Å². The first kappa shape index (κ1) is 24.7. The summed E-state index contributed by atoms with van der Waals surface area (Å²) in [4.78, 5) is 27.1. The summed E-state index contributed by atoms with van der Waals surface area (Å²) in [5, 5.41) is 4.06. The number of benzene rings is 3. The molecule has 0 radical (unpaired) electrons. The van der Waals surface area contributed by atoms with E-state index in [1.54, 1.807) is 38.5 Å². The van der Waals surface area contributed by atoms with E-state index in [-0.39, 0.29) is 24.9 Å². The molecule has 0 saturated heterocycles. The number of aromatic nitrogens is 1. The van der Waals surface area contributed by atoms with Crippen LogP contribution in [0.3, 0.4) is 0 Å². The van der Waals surface area contributed by atoms with Crippen molar-refractivity contribution in [2.24, 2.45) is 5.73 Å². The van der Waals surface area contributed by atoms with E-state index in [1.165, 1.54) is 0 Å². The van der Waals surface area contributed by atoms with Gasteiger partial charge in [0, 0.05) is 35.1 Å². The topological polar surface area (TPSA) is 116 Å². The molecular weight excluding hydrogens is 458 g/mol. The van der Waals surface area contributed by atoms with Crippen molar-refractivity contribution in [1.82, 2.24) is 10.3 Å². The Morgan fingerprint density at radius 1 is 0.944 bits per heavy atom. The van der Waals surface area contributed by atoms with Gasteiger partial charge in [0.2, 0.25) is 5.91 Å². The van der Waals surface area contributed by atoms with Gasteiger partial charge in [0.1, 0.15) is 5.75 Å². The van der Waals surface area contributed by atoms with Crippen LogP contribution < -0.4 is 25.3 Å². The molecule has 1 heterocycles. The summed E-state index contributed by atoms with van der Waals surface area (Å²) in [7, 11) is 3.21. The van der Waals surface area contributed by atoms with Gasteiger partial charge in [-0.05, 0) is 35.4 Å². The summed E-state index contributed by atoms with van der Waals surface area (Å²) in [6, 6.07) is 20.7. The van der Waals surface area contributed by atoms with Gasteiger partial charge in [-0.15, -0.1) is 0 Å². The molecule has 1 unspecified atom stereocenters. The molecule has 0 spiro atoms. The number of hydrogen-bond acceptors (Lipinski definition) is 5. The number of para-hydroxylation sites is 2. The van der Waals surface area contributed by atoms with E-state index in [4.69, 9.17) is 19.9 Å². The molecule has 1 atom stereocenters. The molecule has 0 aliphatic rings. The molecule has 8 heteroatoms. The van der Waals surface area contributed by atoms with Gasteiger partial charge in [-0.1, -0.05) is 42.5 Å². The van der Waals surface area contributed by atoms with Gasteiger partial charge >= 0.3 is 0 Å². The predicted octanol–water partition coefficient (Wildman–Crippen LogP) is 3.54. The lowest BCUT2D eigenvalue weighted by molar-refractivity contribution is -0.123. The van der Waals surface area contributed by atoms with Crippen LogP contribution in [0.5, 0.6) is 17.2 Å². The van der Waals surface area contributed by atoms with Gasteiger partial charge < -0.3 is 30.2 Å². The van der Waals surface area contributed by atoms with Crippen molar-refractivity contribution in [2.75, 3.05) is 27.4 Å². The van der Waals surface area contributed by atoms with E-state index in [0.29, 0.717) is 23.8 Å². The zero-order valence-corrected chi connectivity index (χ0v) is 20.2. The number of carbonyl (C=O) groups is 2. The number of primary amides is 1. The van der Waals surface area contributed by atoms with Crippen LogP contribution in [-0.4, -0.2) is 44.2 Å². The lowest BCUT2D eigenvalue weighted by Crippen LogP contribution is -2.33. The minimum atomic E-state index is -0.402. The first-order valence-corrected chi connectivity index (χ1v) is 11.5. The first-order chi connectivity index (χ1) is 17.5. The number of fused-ring (bicyclic) bond motifs is 1. The van der Waals surface area contributed by atoms with E-state index in [2.05, 4.69) is 10.3 Å². The summed E-state index contributed by atoms with van der Waals surface area (Å²) in [6.07, 6.45) is 2.12. The van der Waals surface area contributed by atoms with Gasteiger partial charge in [-0.25, -0.2) is 0 Å². The number of nitrogens with two attached hydrogens (primary N) is 1. The fourth-order valence-electron chi connectivity index (χ4n) is 4.28. The maximum absolute atomic E-state index is 12.7. The highest BCUT2D eigenvalue weighted by Crippen LogP contribution is 2.40. The highest BCUT2D eigenvalue weighted by Gasteiger charge is 2.24. The number of methoxy groups -OCH3 is 2. The summed E-state index contributed by atoms with van der Waals surface area (Å²) in [5.74, 6) is 0.902. The van der Waals surface area contributed by atoms with E-state index in [0.717, 1.165) is 27.6 Å². The molecule has 3 aromatic carbocycles. The second-order valence-electron chi connectivity index (χ2n) is 8.30. The second kappa shape index (κ2) is 11.3. The zero-order chi connectivity index (χ0) is 25.5. The van der Waals surface area contributed by atoms with E-state index < -0.39 is 5.91 Å². The molecular formula is C28H29N3O5. The summed E-state index contributed by atoms with van der Waals surface area (Å²) in [6.45, 7) is 0.177. The predicted molar refractivity (Wildman–Crippen MR) is 138 cm³/mol. The maximum atomic E-state index is 12.7. The second-order valence-corrected chi connectivity index (χ2v) is 8.30. The lowest BCUT2D eigenvalue weighted by atomic mass is 9.90. The zero-order valence-electron chi connectivity index (χ0n) is 20.2. The number of ether oxygens (including phenoxy) is 3. The molecule has 0 fully saturated rings. The van der Waals surface area contributed by atoms with Crippen LogP contribution in [0.15, 0.2) is 72.9 Å². The Kier molecular flexibility index (Phi) is 7.75. The van der Waals surface area contributed by atoms with Crippen molar-refractivity contribution in [3.63, 3.8) is 0 Å². The van der Waals surface area contributed by atoms with E-state index >= 15 is 0 Å². The first-order valence-electron chi connectivity index (χ1n) is 11.5. The standard InChI is InChI=1S/C28H29N3O5/c1-34-25-9-5-7-21(28(25)35-2)23(22-15-30-24-8-4-3-6-20(22)24)16-31-27(33)17-36-19-12-10-18(11-13-19)14-26(29)32/h3-13,15,23,30H,14,16-17H2,1-2H3,(H2,29,32)(H,31,33). The number of aromatic amines is 1. The molecule has 4 aromatic rings. The monoisotopic (exact) mass is 487 g/mol. The molecule has 0 aliphatic heterocycles. The largest absolute Gasteiger partial charge is 0.493 e. The molecule has 2 amide bonds. The maximum Gasteiger partial charge on any atom is 0.257 e. The van der Waals surface area contributed by atoms with Crippen LogP contribution in [0, 0.1) is 0 Å². The van der Waals surface area contributed by atoms with E-state index in [1.807, 2.05) is 48.7 Å². The number of nitrogens with one attached hydrogen (secondary N) is 2. The average molecular weight is 488 g/mol. The van der Waals surface area contributed by atoms with Crippen molar-refractivity contribution in [1.29, 1.82) is 0 Å². The van der Waals surface area contributed by atoms with Gasteiger partial charge in [0.25, 0.3) is 5.91 Å². The minimum Gasteiger partial charge on any atom is -0.493 e. The SMILES string of the molecule is COc1cccc(C(CNC(=O)COc2ccc(CC(N)=O)cc2)c2c[nH]c3ccccc23)c1OC. The highest BCUT2D eigenvalue weighted by atomic mass is 16.5. The molecule has 0 saturated carbocycles. The molecule has 4 N–H and O–H groups in total. The molecule has 0 aliphatic carbocycles. The summed E-state index contributed by atoms with van der Waals surface area (Å²) >= 11 is 0. The van der Waals surface area contributed by atoms with Crippen molar-refractivity contribution in [2.45, 2.75) is 12.3 Å². The number of rotatable bonds is 11. The molecule has 36 heavy (non-hydrogen) atoms. The Morgan fingerprint density at radius 2 is 1.72 bits per heavy atom. The van der Waals surface area contributed by atoms with Crippen LogP contribution in [0.2, 0.25) is 0 Å². The number of carbonyl (C=O) groups excluding carboxylic acids is 2. The van der Waals surface area contributed by atoms with Crippen molar-refractivity contribution < 1.29 is 23.8 Å². The number of amides is 2. The van der Waals surface area contributed by atoms with Crippen LogP contribution in [0.25, 0.3) is 10.9 Å². The highest BCUT2D eigenvalue weighted by molar-refractivity contribution is 5.85. The third-order valence-electron chi connectivity index (χ3n) is 5.98. The molecule has 1 aromatic heterocycles. The average Bonchev–Trinajstić information content (AvgIpc) is 3.32. The van der Waals surface area contributed by atoms with Gasteiger partial charge in [0.15, 0.2) is 18.1 Å². The summed E-state index contributed by atoms with van der Waals surface area (Å²) in [5.41, 5.74) is 8.94. The van der Waals surface area contributed by atoms with E-state index in [9.17, 15) is 9.59 Å². The Bertz CT molecular complexity index is 1350. The molecule has 186 valence electrons. The van der Waals surface area contributed by atoms with Gasteiger partial charge in [0.05, 0.1) is 20.6 Å². The fraction of sp³-hybridized carbons (Fsp3) is 0.214. The number of H-pyrrole nitrogens is 1. The van der Waals surface area contributed by atoms with Crippen molar-refractivity contribution in [3.8, 4) is 17.2 Å². The Balaban J connectivity index is 1.51. The smallest absolute Gasteiger partial charge is 0.257 e. The van der Waals surface area contributed by atoms with Crippen LogP contribution >= 0.6 is 0 Å². The molecule has 8 nitrogen and oxygen atoms in total. The van der Waals surface area contributed by atoms with Crippen LogP contribution in [0.1, 0.15) is 22.6 Å². The third-order valence-corrected chi connectivity index (χ3v) is 5.98. The van der Waals surface area contributed by atoms with Crippen LogP contribution in [0.4, 0.5) is 0 Å².